The van der Waals surface area contributed by atoms with Gasteiger partial charge in [0, 0.05) is 6.92 Å². The molecule has 1 aromatic carbocycles. The monoisotopic (exact) mass is 257 g/mol. The highest BCUT2D eigenvalue weighted by Crippen LogP contribution is 2.23. The topological polar surface area (TPSA) is 81.3 Å². The second-order valence-electron chi connectivity index (χ2n) is 2.30. The molecular formula is C9H8BrNO3. The molecule has 0 saturated heterocycles. The Hall–Kier alpha value is -1.54. The summed E-state index contributed by atoms with van der Waals surface area (Å²) in [5.74, 6) is -0.681. The molecule has 5 heteroatoms. The molecule has 0 fully saturated rings. The van der Waals surface area contributed by atoms with Gasteiger partial charge >= 0.3 is 0 Å². The normalized spacial score (nSPS) is 8.07. The van der Waals surface area contributed by atoms with Gasteiger partial charge in [0.1, 0.15) is 5.75 Å². The van der Waals surface area contributed by atoms with Crippen LogP contribution in [-0.2, 0) is 4.79 Å². The number of rotatable bonds is 0. The molecule has 0 unspecified atom stereocenters. The number of phenolic OH excluding ortho intramolecular Hbond substituents is 1. The molecule has 0 amide bonds. The maximum atomic E-state index is 9.00. The molecule has 0 heterocycles. The third kappa shape index (κ3) is 5.17. The van der Waals surface area contributed by atoms with Gasteiger partial charge in [-0.05, 0) is 34.1 Å². The van der Waals surface area contributed by atoms with Crippen molar-refractivity contribution in [3.8, 4) is 11.8 Å². The van der Waals surface area contributed by atoms with E-state index in [1.165, 1.54) is 6.07 Å². The molecule has 0 bridgehead atoms. The van der Waals surface area contributed by atoms with E-state index in [1.807, 2.05) is 6.07 Å². The standard InChI is InChI=1S/C7H4BrNO.C2H4O2/c8-6-3-5(4-9)1-2-7(6)10;1-2(3)4/h1-3,10H;1H3,(H,3,4). The Kier molecular flexibility index (Phi) is 5.34. The number of carbonyl (C=O) groups is 1. The zero-order valence-electron chi connectivity index (χ0n) is 7.36. The summed E-state index contributed by atoms with van der Waals surface area (Å²) in [6, 6.07) is 6.55. The van der Waals surface area contributed by atoms with Gasteiger partial charge in [0.15, 0.2) is 0 Å². The van der Waals surface area contributed by atoms with Crippen LogP contribution in [0.1, 0.15) is 12.5 Å². The molecule has 0 radical (unpaired) electrons. The molecule has 0 atom stereocenters. The van der Waals surface area contributed by atoms with Crippen LogP contribution in [0.2, 0.25) is 0 Å². The van der Waals surface area contributed by atoms with E-state index in [-0.39, 0.29) is 5.75 Å². The lowest BCUT2D eigenvalue weighted by atomic mass is 10.2. The molecule has 14 heavy (non-hydrogen) atoms. The molecule has 74 valence electrons. The Morgan fingerprint density at radius 2 is 2.07 bits per heavy atom. The van der Waals surface area contributed by atoms with Gasteiger partial charge in [-0.2, -0.15) is 5.26 Å². The van der Waals surface area contributed by atoms with Crippen LogP contribution in [-0.4, -0.2) is 16.2 Å². The van der Waals surface area contributed by atoms with Gasteiger partial charge in [-0.15, -0.1) is 0 Å². The summed E-state index contributed by atoms with van der Waals surface area (Å²) in [7, 11) is 0. The van der Waals surface area contributed by atoms with Gasteiger partial charge in [0.05, 0.1) is 16.1 Å². The smallest absolute Gasteiger partial charge is 0.300 e. The first-order valence-corrected chi connectivity index (χ1v) is 4.34. The van der Waals surface area contributed by atoms with Crippen molar-refractivity contribution in [2.75, 3.05) is 0 Å². The Labute approximate surface area is 89.5 Å². The number of phenols is 1. The quantitative estimate of drug-likeness (QED) is 0.746. The zero-order chi connectivity index (χ0) is 11.1. The van der Waals surface area contributed by atoms with Gasteiger partial charge in [0.2, 0.25) is 0 Å². The molecule has 0 saturated carbocycles. The summed E-state index contributed by atoms with van der Waals surface area (Å²) in [6.45, 7) is 1.08. The number of halogens is 1. The van der Waals surface area contributed by atoms with Crippen LogP contribution in [0.4, 0.5) is 0 Å². The predicted octanol–water partition coefficient (Wildman–Crippen LogP) is 2.12. The highest BCUT2D eigenvalue weighted by atomic mass is 79.9. The highest BCUT2D eigenvalue weighted by molar-refractivity contribution is 9.10. The Morgan fingerprint density at radius 1 is 1.57 bits per heavy atom. The van der Waals surface area contributed by atoms with E-state index in [1.54, 1.807) is 12.1 Å². The molecule has 4 nitrogen and oxygen atoms in total. The lowest BCUT2D eigenvalue weighted by Crippen LogP contribution is -1.78. The SMILES string of the molecule is CC(=O)O.N#Cc1ccc(O)c(Br)c1. The molecule has 0 aromatic heterocycles. The van der Waals surface area contributed by atoms with Crippen LogP contribution in [0.15, 0.2) is 22.7 Å². The third-order valence-corrected chi connectivity index (χ3v) is 1.71. The molecule has 0 aliphatic heterocycles. The average molecular weight is 258 g/mol. The van der Waals surface area contributed by atoms with Crippen LogP contribution < -0.4 is 0 Å². The van der Waals surface area contributed by atoms with Crippen molar-refractivity contribution in [1.82, 2.24) is 0 Å². The Balaban J connectivity index is 0.000000364. The van der Waals surface area contributed by atoms with Gasteiger partial charge in [-0.3, -0.25) is 4.79 Å². The number of benzene rings is 1. The maximum Gasteiger partial charge on any atom is 0.300 e. The van der Waals surface area contributed by atoms with E-state index >= 15 is 0 Å². The van der Waals surface area contributed by atoms with Gasteiger partial charge in [0.25, 0.3) is 5.97 Å². The fourth-order valence-electron chi connectivity index (χ4n) is 0.576. The number of aromatic hydroxyl groups is 1. The van der Waals surface area contributed by atoms with Crippen molar-refractivity contribution < 1.29 is 15.0 Å². The largest absolute Gasteiger partial charge is 0.507 e. The number of carboxylic acids is 1. The molecule has 2 N–H and O–H groups in total. The van der Waals surface area contributed by atoms with Crippen molar-refractivity contribution in [3.63, 3.8) is 0 Å². The van der Waals surface area contributed by atoms with E-state index in [4.69, 9.17) is 20.3 Å². The van der Waals surface area contributed by atoms with E-state index in [0.717, 1.165) is 6.92 Å². The molecular weight excluding hydrogens is 250 g/mol. The highest BCUT2D eigenvalue weighted by Gasteiger charge is 1.96. The lowest BCUT2D eigenvalue weighted by Gasteiger charge is -1.93. The average Bonchev–Trinajstić information content (AvgIpc) is 2.09. The number of nitrogens with zero attached hydrogens (tertiary/aromatic N) is 1. The summed E-state index contributed by atoms with van der Waals surface area (Å²) in [5, 5.41) is 24.8. The number of hydrogen-bond donors (Lipinski definition) is 2. The number of carboxylic acid groups (broad SMARTS) is 1. The summed E-state index contributed by atoms with van der Waals surface area (Å²) in [4.78, 5) is 9.00. The number of nitriles is 1. The van der Waals surface area contributed by atoms with E-state index in [2.05, 4.69) is 15.9 Å². The van der Waals surface area contributed by atoms with Crippen LogP contribution in [0.25, 0.3) is 0 Å². The fourth-order valence-corrected chi connectivity index (χ4v) is 0.955. The first kappa shape index (κ1) is 12.5. The molecule has 1 aromatic rings. The van der Waals surface area contributed by atoms with Crippen molar-refractivity contribution >= 4 is 21.9 Å². The van der Waals surface area contributed by atoms with Crippen molar-refractivity contribution in [1.29, 1.82) is 5.26 Å². The van der Waals surface area contributed by atoms with E-state index in [9.17, 15) is 0 Å². The van der Waals surface area contributed by atoms with Gasteiger partial charge in [-0.25, -0.2) is 0 Å². The zero-order valence-corrected chi connectivity index (χ0v) is 8.95. The van der Waals surface area contributed by atoms with Crippen molar-refractivity contribution in [3.05, 3.63) is 28.2 Å². The van der Waals surface area contributed by atoms with Crippen LogP contribution >= 0.6 is 15.9 Å². The third-order valence-electron chi connectivity index (χ3n) is 1.08. The Morgan fingerprint density at radius 3 is 2.43 bits per heavy atom. The van der Waals surface area contributed by atoms with Crippen LogP contribution in [0.5, 0.6) is 5.75 Å². The number of aliphatic carboxylic acids is 1. The maximum absolute atomic E-state index is 9.00. The van der Waals surface area contributed by atoms with Gasteiger partial charge < -0.3 is 10.2 Å². The second kappa shape index (κ2) is 6.00. The second-order valence-corrected chi connectivity index (χ2v) is 3.15. The number of hydrogen-bond acceptors (Lipinski definition) is 3. The van der Waals surface area contributed by atoms with Crippen molar-refractivity contribution in [2.24, 2.45) is 0 Å². The summed E-state index contributed by atoms with van der Waals surface area (Å²) >= 11 is 3.09. The van der Waals surface area contributed by atoms with Crippen LogP contribution in [0, 0.1) is 11.3 Å². The minimum absolute atomic E-state index is 0.152. The van der Waals surface area contributed by atoms with Gasteiger partial charge in [-0.1, -0.05) is 0 Å². The minimum Gasteiger partial charge on any atom is -0.507 e. The summed E-state index contributed by atoms with van der Waals surface area (Å²) < 4.78 is 0.548. The molecule has 0 aliphatic carbocycles. The molecule has 0 aliphatic rings. The Bertz CT molecular complexity index is 367. The lowest BCUT2D eigenvalue weighted by molar-refractivity contribution is -0.134. The molecule has 1 rings (SSSR count). The summed E-state index contributed by atoms with van der Waals surface area (Å²) in [6.07, 6.45) is 0. The predicted molar refractivity (Wildman–Crippen MR) is 53.8 cm³/mol. The minimum atomic E-state index is -0.833. The van der Waals surface area contributed by atoms with Crippen LogP contribution in [0.3, 0.4) is 0 Å². The first-order valence-electron chi connectivity index (χ1n) is 3.55. The first-order chi connectivity index (χ1) is 6.47. The fraction of sp³-hybridized carbons (Fsp3) is 0.111. The van der Waals surface area contributed by atoms with Crippen molar-refractivity contribution in [2.45, 2.75) is 6.92 Å². The van der Waals surface area contributed by atoms with E-state index < -0.39 is 5.97 Å². The summed E-state index contributed by atoms with van der Waals surface area (Å²) in [5.41, 5.74) is 0.532. The molecule has 0 spiro atoms. The van der Waals surface area contributed by atoms with E-state index in [0.29, 0.717) is 10.0 Å².